The van der Waals surface area contributed by atoms with Crippen molar-refractivity contribution < 1.29 is 0 Å². The molecule has 2 aromatic rings. The molecule has 0 aliphatic carbocycles. The van der Waals surface area contributed by atoms with Crippen LogP contribution in [0.3, 0.4) is 0 Å². The molecule has 0 amide bonds. The van der Waals surface area contributed by atoms with Gasteiger partial charge < -0.3 is 0 Å². The van der Waals surface area contributed by atoms with Crippen LogP contribution in [0.1, 0.15) is 26.5 Å². The van der Waals surface area contributed by atoms with Gasteiger partial charge in [0.25, 0.3) is 0 Å². The Morgan fingerprint density at radius 2 is 1.59 bits per heavy atom. The van der Waals surface area contributed by atoms with Crippen LogP contribution in [0.2, 0.25) is 5.02 Å². The van der Waals surface area contributed by atoms with E-state index >= 15 is 0 Å². The van der Waals surface area contributed by atoms with Crippen molar-refractivity contribution in [2.24, 2.45) is 0 Å². The van der Waals surface area contributed by atoms with Gasteiger partial charge in [0.1, 0.15) is 0 Å². The van der Waals surface area contributed by atoms with Crippen molar-refractivity contribution in [3.8, 4) is 11.1 Å². The molecule has 1 aromatic heterocycles. The molecule has 1 heterocycles. The third kappa shape index (κ3) is 2.86. The largest absolute Gasteiger partial charge is 0.261 e. The van der Waals surface area contributed by atoms with Gasteiger partial charge in [-0.2, -0.15) is 0 Å². The zero-order valence-electron chi connectivity index (χ0n) is 10.4. The predicted octanol–water partition coefficient (Wildman–Crippen LogP) is 4.70. The van der Waals surface area contributed by atoms with E-state index in [-0.39, 0.29) is 5.41 Å². The molecule has 1 aromatic carbocycles. The highest BCUT2D eigenvalue weighted by atomic mass is 35.5. The van der Waals surface area contributed by atoms with Gasteiger partial charge in [0.2, 0.25) is 0 Å². The summed E-state index contributed by atoms with van der Waals surface area (Å²) in [7, 11) is 0. The monoisotopic (exact) mass is 245 g/mol. The summed E-state index contributed by atoms with van der Waals surface area (Å²) >= 11 is 5.89. The molecule has 2 heteroatoms. The first-order chi connectivity index (χ1) is 7.97. The molecule has 0 bridgehead atoms. The van der Waals surface area contributed by atoms with Crippen molar-refractivity contribution in [2.45, 2.75) is 26.2 Å². The van der Waals surface area contributed by atoms with Gasteiger partial charge in [0, 0.05) is 22.3 Å². The van der Waals surface area contributed by atoms with Crippen LogP contribution < -0.4 is 0 Å². The number of aromatic nitrogens is 1. The maximum atomic E-state index is 5.89. The molecule has 88 valence electrons. The van der Waals surface area contributed by atoms with Crippen molar-refractivity contribution in [1.29, 1.82) is 0 Å². The highest BCUT2D eigenvalue weighted by Gasteiger charge is 2.15. The number of halogens is 1. The molecule has 0 unspecified atom stereocenters. The fourth-order valence-electron chi connectivity index (χ4n) is 1.66. The Morgan fingerprint density at radius 1 is 0.941 bits per heavy atom. The molecule has 1 nitrogen and oxygen atoms in total. The van der Waals surface area contributed by atoms with E-state index in [2.05, 4.69) is 31.8 Å². The van der Waals surface area contributed by atoms with E-state index in [0.717, 1.165) is 10.7 Å². The molecule has 0 fully saturated rings. The highest BCUT2D eigenvalue weighted by molar-refractivity contribution is 6.30. The highest BCUT2D eigenvalue weighted by Crippen LogP contribution is 2.26. The maximum Gasteiger partial charge on any atom is 0.0463 e. The first-order valence-corrected chi connectivity index (χ1v) is 6.07. The Labute approximate surface area is 107 Å². The standard InChI is InChI=1S/C15H16ClN/c1-15(2,3)14-10-12(8-9-17-14)11-4-6-13(16)7-5-11/h4-10H,1-3H3. The average Bonchev–Trinajstić information content (AvgIpc) is 2.29. The third-order valence-corrected chi connectivity index (χ3v) is 2.96. The Kier molecular flexibility index (Phi) is 3.21. The summed E-state index contributed by atoms with van der Waals surface area (Å²) in [5.74, 6) is 0. The van der Waals surface area contributed by atoms with Crippen LogP contribution in [-0.4, -0.2) is 4.98 Å². The fraction of sp³-hybridized carbons (Fsp3) is 0.267. The van der Waals surface area contributed by atoms with Crippen molar-refractivity contribution in [3.05, 3.63) is 53.3 Å². The molecule has 0 aliphatic rings. The van der Waals surface area contributed by atoms with Crippen LogP contribution in [0.25, 0.3) is 11.1 Å². The molecule has 0 saturated carbocycles. The molecule has 2 rings (SSSR count). The van der Waals surface area contributed by atoms with E-state index in [1.54, 1.807) is 0 Å². The molecule has 0 saturated heterocycles. The summed E-state index contributed by atoms with van der Waals surface area (Å²) in [6.45, 7) is 6.50. The Morgan fingerprint density at radius 3 is 2.18 bits per heavy atom. The van der Waals surface area contributed by atoms with Crippen LogP contribution in [0.15, 0.2) is 42.6 Å². The summed E-state index contributed by atoms with van der Waals surface area (Å²) in [5, 5.41) is 0.763. The lowest BCUT2D eigenvalue weighted by Gasteiger charge is -2.18. The van der Waals surface area contributed by atoms with Crippen LogP contribution in [0.4, 0.5) is 0 Å². The van der Waals surface area contributed by atoms with Crippen LogP contribution in [0, 0.1) is 0 Å². The van der Waals surface area contributed by atoms with Gasteiger partial charge >= 0.3 is 0 Å². The Balaban J connectivity index is 2.43. The second kappa shape index (κ2) is 4.50. The van der Waals surface area contributed by atoms with Gasteiger partial charge in [-0.3, -0.25) is 4.98 Å². The van der Waals surface area contributed by atoms with Gasteiger partial charge in [-0.05, 0) is 35.4 Å². The number of benzene rings is 1. The molecule has 17 heavy (non-hydrogen) atoms. The summed E-state index contributed by atoms with van der Waals surface area (Å²) in [6.07, 6.45) is 1.87. The van der Waals surface area contributed by atoms with Gasteiger partial charge in [-0.25, -0.2) is 0 Å². The van der Waals surface area contributed by atoms with E-state index in [1.165, 1.54) is 11.1 Å². The molecule has 0 atom stereocenters. The van der Waals surface area contributed by atoms with E-state index < -0.39 is 0 Å². The third-order valence-electron chi connectivity index (χ3n) is 2.71. The van der Waals surface area contributed by atoms with E-state index in [4.69, 9.17) is 11.6 Å². The first-order valence-electron chi connectivity index (χ1n) is 5.69. The minimum atomic E-state index is 0.0719. The second-order valence-electron chi connectivity index (χ2n) is 5.19. The summed E-state index contributed by atoms with van der Waals surface area (Å²) in [4.78, 5) is 4.43. The molecular formula is C15H16ClN. The van der Waals surface area contributed by atoms with E-state index in [1.807, 2.05) is 36.5 Å². The molecule has 0 aliphatic heterocycles. The van der Waals surface area contributed by atoms with Crippen molar-refractivity contribution >= 4 is 11.6 Å². The number of nitrogens with zero attached hydrogens (tertiary/aromatic N) is 1. The summed E-state index contributed by atoms with van der Waals surface area (Å²) in [5.41, 5.74) is 3.52. The van der Waals surface area contributed by atoms with Gasteiger partial charge in [0.15, 0.2) is 0 Å². The van der Waals surface area contributed by atoms with E-state index in [0.29, 0.717) is 0 Å². The summed E-state index contributed by atoms with van der Waals surface area (Å²) < 4.78 is 0. The fourth-order valence-corrected chi connectivity index (χ4v) is 1.79. The Hall–Kier alpha value is -1.34. The topological polar surface area (TPSA) is 12.9 Å². The van der Waals surface area contributed by atoms with Gasteiger partial charge in [-0.1, -0.05) is 44.5 Å². The van der Waals surface area contributed by atoms with Crippen LogP contribution >= 0.6 is 11.6 Å². The van der Waals surface area contributed by atoms with Gasteiger partial charge in [-0.15, -0.1) is 0 Å². The lowest BCUT2D eigenvalue weighted by Crippen LogP contribution is -2.13. The smallest absolute Gasteiger partial charge is 0.0463 e. The van der Waals surface area contributed by atoms with Crippen LogP contribution in [0.5, 0.6) is 0 Å². The van der Waals surface area contributed by atoms with Crippen molar-refractivity contribution in [2.75, 3.05) is 0 Å². The zero-order valence-corrected chi connectivity index (χ0v) is 11.1. The van der Waals surface area contributed by atoms with E-state index in [9.17, 15) is 0 Å². The first kappa shape index (κ1) is 12.1. The number of rotatable bonds is 1. The quantitative estimate of drug-likeness (QED) is 0.710. The zero-order chi connectivity index (χ0) is 12.5. The van der Waals surface area contributed by atoms with Crippen molar-refractivity contribution in [3.63, 3.8) is 0 Å². The minimum absolute atomic E-state index is 0.0719. The molecular weight excluding hydrogens is 230 g/mol. The average molecular weight is 246 g/mol. The molecule has 0 radical (unpaired) electrons. The number of hydrogen-bond donors (Lipinski definition) is 0. The van der Waals surface area contributed by atoms with Gasteiger partial charge in [0.05, 0.1) is 0 Å². The predicted molar refractivity (Wildman–Crippen MR) is 73.4 cm³/mol. The minimum Gasteiger partial charge on any atom is -0.261 e. The molecule has 0 spiro atoms. The second-order valence-corrected chi connectivity index (χ2v) is 5.62. The lowest BCUT2D eigenvalue weighted by atomic mass is 9.90. The molecule has 0 N–H and O–H groups in total. The SMILES string of the molecule is CC(C)(C)c1cc(-c2ccc(Cl)cc2)ccn1. The number of hydrogen-bond acceptors (Lipinski definition) is 1. The maximum absolute atomic E-state index is 5.89. The summed E-state index contributed by atoms with van der Waals surface area (Å²) in [6, 6.07) is 12.1. The normalized spacial score (nSPS) is 11.5. The van der Waals surface area contributed by atoms with Crippen LogP contribution in [-0.2, 0) is 5.41 Å². The lowest BCUT2D eigenvalue weighted by molar-refractivity contribution is 0.569. The van der Waals surface area contributed by atoms with Crippen molar-refractivity contribution in [1.82, 2.24) is 4.98 Å². The number of pyridine rings is 1. The Bertz CT molecular complexity index is 509.